The summed E-state index contributed by atoms with van der Waals surface area (Å²) in [6.07, 6.45) is 2.69. The molecule has 0 aliphatic carbocycles. The number of nitrogens with two attached hydrogens (primary N) is 1. The van der Waals surface area contributed by atoms with Gasteiger partial charge in [0.1, 0.15) is 0 Å². The maximum absolute atomic E-state index is 12.6. The molecule has 0 aromatic rings. The highest BCUT2D eigenvalue weighted by atomic mass is 16.2. The Labute approximate surface area is 114 Å². The molecule has 1 atom stereocenters. The van der Waals surface area contributed by atoms with Crippen molar-refractivity contribution in [3.63, 3.8) is 0 Å². The van der Waals surface area contributed by atoms with Gasteiger partial charge in [-0.25, -0.2) is 0 Å². The molecule has 6 heteroatoms. The van der Waals surface area contributed by atoms with E-state index < -0.39 is 5.91 Å². The van der Waals surface area contributed by atoms with E-state index in [2.05, 4.69) is 10.2 Å². The van der Waals surface area contributed by atoms with Gasteiger partial charge in [0.2, 0.25) is 11.8 Å². The molecular weight excluding hydrogens is 244 g/mol. The Balaban J connectivity index is 2.03. The number of hydrogen-bond acceptors (Lipinski definition) is 4. The fourth-order valence-electron chi connectivity index (χ4n) is 3.04. The Bertz CT molecular complexity index is 342. The number of amides is 2. The number of rotatable bonds is 4. The van der Waals surface area contributed by atoms with Crippen LogP contribution in [-0.4, -0.2) is 67.4 Å². The van der Waals surface area contributed by atoms with Crippen LogP contribution in [0.2, 0.25) is 0 Å². The summed E-state index contributed by atoms with van der Waals surface area (Å²) in [7, 11) is 2.02. The third-order valence-electron chi connectivity index (χ3n) is 4.10. The molecule has 0 aromatic carbocycles. The SMILES string of the molecule is CN1CCC(C(=O)N(CC(N)=O)C2CCNCC2)C1. The van der Waals surface area contributed by atoms with Crippen molar-refractivity contribution in [2.45, 2.75) is 25.3 Å². The summed E-state index contributed by atoms with van der Waals surface area (Å²) in [5, 5.41) is 3.28. The third-order valence-corrected chi connectivity index (χ3v) is 4.10. The zero-order chi connectivity index (χ0) is 13.8. The molecule has 108 valence electrons. The molecule has 2 rings (SSSR count). The lowest BCUT2D eigenvalue weighted by atomic mass is 10.0. The summed E-state index contributed by atoms with van der Waals surface area (Å²) in [6.45, 7) is 3.60. The van der Waals surface area contributed by atoms with Gasteiger partial charge in [0, 0.05) is 12.6 Å². The van der Waals surface area contributed by atoms with Crippen LogP contribution in [0.1, 0.15) is 19.3 Å². The number of carbonyl (C=O) groups excluding carboxylic acids is 2. The van der Waals surface area contributed by atoms with Crippen molar-refractivity contribution < 1.29 is 9.59 Å². The molecule has 2 fully saturated rings. The van der Waals surface area contributed by atoms with Gasteiger partial charge in [-0.2, -0.15) is 0 Å². The van der Waals surface area contributed by atoms with Crippen molar-refractivity contribution in [1.29, 1.82) is 0 Å². The van der Waals surface area contributed by atoms with E-state index in [9.17, 15) is 9.59 Å². The second-order valence-electron chi connectivity index (χ2n) is 5.66. The van der Waals surface area contributed by atoms with E-state index >= 15 is 0 Å². The first kappa shape index (κ1) is 14.3. The van der Waals surface area contributed by atoms with Crippen molar-refractivity contribution in [3.8, 4) is 0 Å². The minimum atomic E-state index is -0.418. The molecule has 0 radical (unpaired) electrons. The van der Waals surface area contributed by atoms with Gasteiger partial charge >= 0.3 is 0 Å². The van der Waals surface area contributed by atoms with Crippen molar-refractivity contribution in [3.05, 3.63) is 0 Å². The highest BCUT2D eigenvalue weighted by Gasteiger charge is 2.34. The lowest BCUT2D eigenvalue weighted by molar-refractivity contribution is -0.141. The van der Waals surface area contributed by atoms with Crippen molar-refractivity contribution in [2.24, 2.45) is 11.7 Å². The van der Waals surface area contributed by atoms with Crippen LogP contribution in [0.5, 0.6) is 0 Å². The summed E-state index contributed by atoms with van der Waals surface area (Å²) >= 11 is 0. The van der Waals surface area contributed by atoms with Crippen LogP contribution in [0, 0.1) is 5.92 Å². The molecule has 0 bridgehead atoms. The smallest absolute Gasteiger partial charge is 0.237 e. The van der Waals surface area contributed by atoms with Crippen LogP contribution >= 0.6 is 0 Å². The molecular formula is C13H24N4O2. The van der Waals surface area contributed by atoms with Crippen LogP contribution in [-0.2, 0) is 9.59 Å². The summed E-state index contributed by atoms with van der Waals surface area (Å²) < 4.78 is 0. The maximum Gasteiger partial charge on any atom is 0.237 e. The first-order chi connectivity index (χ1) is 9.08. The van der Waals surface area contributed by atoms with Gasteiger partial charge in [-0.1, -0.05) is 0 Å². The number of nitrogens with zero attached hydrogens (tertiary/aromatic N) is 2. The minimum Gasteiger partial charge on any atom is -0.368 e. The van der Waals surface area contributed by atoms with Crippen LogP contribution in [0.25, 0.3) is 0 Å². The number of primary amides is 1. The normalized spacial score (nSPS) is 25.4. The van der Waals surface area contributed by atoms with E-state index in [4.69, 9.17) is 5.73 Å². The standard InChI is InChI=1S/C13H24N4O2/c1-16-7-4-10(8-16)13(19)17(9-12(14)18)11-2-5-15-6-3-11/h10-11,15H,2-9H2,1H3,(H2,14,18). The summed E-state index contributed by atoms with van der Waals surface area (Å²) in [5.41, 5.74) is 5.30. The van der Waals surface area contributed by atoms with Gasteiger partial charge in [-0.15, -0.1) is 0 Å². The number of carbonyl (C=O) groups is 2. The van der Waals surface area contributed by atoms with E-state index in [0.717, 1.165) is 45.4 Å². The molecule has 2 aliphatic rings. The second-order valence-corrected chi connectivity index (χ2v) is 5.66. The third kappa shape index (κ3) is 3.67. The first-order valence-electron chi connectivity index (χ1n) is 7.06. The van der Waals surface area contributed by atoms with Crippen LogP contribution in [0.4, 0.5) is 0 Å². The molecule has 0 aromatic heterocycles. The van der Waals surface area contributed by atoms with Gasteiger partial charge in [0.25, 0.3) is 0 Å². The van der Waals surface area contributed by atoms with Crippen molar-refractivity contribution in [1.82, 2.24) is 15.1 Å². The monoisotopic (exact) mass is 268 g/mol. The van der Waals surface area contributed by atoms with E-state index in [0.29, 0.717) is 0 Å². The Morgan fingerprint density at radius 1 is 1.32 bits per heavy atom. The number of nitrogens with one attached hydrogen (secondary N) is 1. The number of hydrogen-bond donors (Lipinski definition) is 2. The minimum absolute atomic E-state index is 0.0271. The van der Waals surface area contributed by atoms with Gasteiger partial charge < -0.3 is 20.9 Å². The molecule has 2 amide bonds. The lowest BCUT2D eigenvalue weighted by Crippen LogP contribution is -2.51. The number of piperidine rings is 1. The molecule has 0 spiro atoms. The maximum atomic E-state index is 12.6. The topological polar surface area (TPSA) is 78.7 Å². The fraction of sp³-hybridized carbons (Fsp3) is 0.846. The average molecular weight is 268 g/mol. The van der Waals surface area contributed by atoms with E-state index in [-0.39, 0.29) is 24.4 Å². The van der Waals surface area contributed by atoms with Crippen LogP contribution < -0.4 is 11.1 Å². The Kier molecular flexibility index (Phi) is 4.76. The molecule has 2 heterocycles. The van der Waals surface area contributed by atoms with Crippen LogP contribution in [0.15, 0.2) is 0 Å². The molecule has 3 N–H and O–H groups in total. The molecule has 1 unspecified atom stereocenters. The molecule has 2 saturated heterocycles. The van der Waals surface area contributed by atoms with Gasteiger partial charge in [0.05, 0.1) is 12.5 Å². The zero-order valence-corrected chi connectivity index (χ0v) is 11.6. The molecule has 6 nitrogen and oxygen atoms in total. The van der Waals surface area contributed by atoms with Gasteiger partial charge in [0.15, 0.2) is 0 Å². The van der Waals surface area contributed by atoms with E-state index in [1.165, 1.54) is 0 Å². The summed E-state index contributed by atoms with van der Waals surface area (Å²) in [4.78, 5) is 27.7. The van der Waals surface area contributed by atoms with Gasteiger partial charge in [-0.05, 0) is 45.9 Å². The summed E-state index contributed by atoms with van der Waals surface area (Å²) in [5.74, 6) is -0.285. The van der Waals surface area contributed by atoms with Crippen molar-refractivity contribution >= 4 is 11.8 Å². The largest absolute Gasteiger partial charge is 0.368 e. The highest BCUT2D eigenvalue weighted by molar-refractivity contribution is 5.85. The Hall–Kier alpha value is -1.14. The predicted octanol–water partition coefficient (Wildman–Crippen LogP) is -0.996. The highest BCUT2D eigenvalue weighted by Crippen LogP contribution is 2.21. The quantitative estimate of drug-likeness (QED) is 0.686. The van der Waals surface area contributed by atoms with E-state index in [1.807, 2.05) is 7.05 Å². The van der Waals surface area contributed by atoms with E-state index in [1.54, 1.807) is 4.90 Å². The Morgan fingerprint density at radius 2 is 2.00 bits per heavy atom. The molecule has 19 heavy (non-hydrogen) atoms. The zero-order valence-electron chi connectivity index (χ0n) is 11.6. The molecule has 0 saturated carbocycles. The second kappa shape index (κ2) is 6.34. The Morgan fingerprint density at radius 3 is 2.53 bits per heavy atom. The fourth-order valence-corrected chi connectivity index (χ4v) is 3.04. The lowest BCUT2D eigenvalue weighted by Gasteiger charge is -2.35. The predicted molar refractivity (Wildman–Crippen MR) is 72.4 cm³/mol. The van der Waals surface area contributed by atoms with Crippen LogP contribution in [0.3, 0.4) is 0 Å². The number of likely N-dealkylation sites (tertiary alicyclic amines) is 1. The van der Waals surface area contributed by atoms with Crippen molar-refractivity contribution in [2.75, 3.05) is 39.8 Å². The molecule has 2 aliphatic heterocycles. The summed E-state index contributed by atoms with van der Waals surface area (Å²) in [6, 6.07) is 0.159. The van der Waals surface area contributed by atoms with Gasteiger partial charge in [-0.3, -0.25) is 9.59 Å². The first-order valence-corrected chi connectivity index (χ1v) is 7.06. The average Bonchev–Trinajstić information content (AvgIpc) is 2.83.